The van der Waals surface area contributed by atoms with Crippen LogP contribution in [0.2, 0.25) is 0 Å². The number of hydrogen-bond donors (Lipinski definition) is 3. The first-order valence-corrected chi connectivity index (χ1v) is 6.26. The fourth-order valence-corrected chi connectivity index (χ4v) is 3.12. The Morgan fingerprint density at radius 3 is 2.71 bits per heavy atom. The van der Waals surface area contributed by atoms with Gasteiger partial charge in [0, 0.05) is 18.6 Å². The lowest BCUT2D eigenvalue weighted by molar-refractivity contribution is 0.426. The predicted molar refractivity (Wildman–Crippen MR) is 71.6 cm³/mol. The first kappa shape index (κ1) is 10.8. The minimum atomic E-state index is -1.41. The summed E-state index contributed by atoms with van der Waals surface area (Å²) in [6.45, 7) is 0. The van der Waals surface area contributed by atoms with Crippen LogP contribution in [0.15, 0.2) is 22.4 Å². The fourth-order valence-electron chi connectivity index (χ4n) is 1.26. The monoisotopic (exact) mass is 336 g/mol. The van der Waals surface area contributed by atoms with Gasteiger partial charge in [-0.2, -0.15) is 0 Å². The van der Waals surface area contributed by atoms with Crippen molar-refractivity contribution in [1.29, 1.82) is 0 Å². The van der Waals surface area contributed by atoms with Gasteiger partial charge in [-0.15, -0.1) is 24.0 Å². The Balaban J connectivity index is 2.74. The Bertz CT molecular complexity index is 483. The molecule has 1 aromatic carbocycles. The molecule has 2 N–H and O–H groups in total. The Morgan fingerprint density at radius 2 is 2.07 bits per heavy atom. The second-order valence-electron chi connectivity index (χ2n) is 2.86. The van der Waals surface area contributed by atoms with Crippen LogP contribution in [0.25, 0.3) is 10.1 Å². The molecule has 1 heterocycles. The number of halogens is 1. The van der Waals surface area contributed by atoms with Gasteiger partial charge in [0.1, 0.15) is 0 Å². The molecule has 0 spiro atoms. The van der Waals surface area contributed by atoms with Crippen LogP contribution in [-0.2, 0) is 0 Å². The summed E-state index contributed by atoms with van der Waals surface area (Å²) in [5, 5.41) is 20.8. The van der Waals surface area contributed by atoms with E-state index in [0.717, 1.165) is 18.6 Å². The van der Waals surface area contributed by atoms with Crippen molar-refractivity contribution in [3.63, 3.8) is 0 Å². The van der Waals surface area contributed by atoms with Gasteiger partial charge < -0.3 is 10.0 Å². The zero-order chi connectivity index (χ0) is 10.3. The van der Waals surface area contributed by atoms with Gasteiger partial charge in [-0.3, -0.25) is 0 Å². The normalized spacial score (nSPS) is 10.9. The van der Waals surface area contributed by atoms with Crippen molar-refractivity contribution in [1.82, 2.24) is 0 Å². The number of hydrogen-bond acceptors (Lipinski definition) is 4. The maximum Gasteiger partial charge on any atom is 0.489 e. The molecule has 1 aromatic heterocycles. The molecule has 6 heteroatoms. The molecule has 0 aliphatic rings. The first-order valence-electron chi connectivity index (χ1n) is 3.85. The molecule has 0 unspecified atom stereocenters. The quantitative estimate of drug-likeness (QED) is 0.419. The van der Waals surface area contributed by atoms with Crippen LogP contribution in [0.1, 0.15) is 0 Å². The third-order valence-electron chi connectivity index (χ3n) is 1.95. The maximum atomic E-state index is 9.11. The predicted octanol–water partition coefficient (Wildman–Crippen LogP) is 1.47. The molecule has 0 saturated carbocycles. The van der Waals surface area contributed by atoms with E-state index >= 15 is 0 Å². The smallest absolute Gasteiger partial charge is 0.423 e. The van der Waals surface area contributed by atoms with Gasteiger partial charge in [-0.25, -0.2) is 0 Å². The Morgan fingerprint density at radius 1 is 1.36 bits per heavy atom. The SMILES string of the molecule is OB(O)c1csc2cc(I)c(S)cc12. The molecule has 0 fully saturated rings. The summed E-state index contributed by atoms with van der Waals surface area (Å²) in [5.41, 5.74) is 0.553. The third-order valence-corrected chi connectivity index (χ3v) is 4.60. The summed E-state index contributed by atoms with van der Waals surface area (Å²) < 4.78 is 2.12. The van der Waals surface area contributed by atoms with Gasteiger partial charge >= 0.3 is 7.12 Å². The maximum absolute atomic E-state index is 9.11. The lowest BCUT2D eigenvalue weighted by atomic mass is 9.80. The number of thiophene rings is 1. The highest BCUT2D eigenvalue weighted by atomic mass is 127. The largest absolute Gasteiger partial charge is 0.489 e. The van der Waals surface area contributed by atoms with Gasteiger partial charge in [-0.05, 0) is 45.5 Å². The van der Waals surface area contributed by atoms with E-state index in [4.69, 9.17) is 10.0 Å². The molecule has 72 valence electrons. The van der Waals surface area contributed by atoms with Crippen LogP contribution in [0.3, 0.4) is 0 Å². The molecule has 0 radical (unpaired) electrons. The van der Waals surface area contributed by atoms with Crippen LogP contribution in [0.5, 0.6) is 0 Å². The zero-order valence-corrected chi connectivity index (χ0v) is 10.8. The van der Waals surface area contributed by atoms with Gasteiger partial charge in [0.2, 0.25) is 0 Å². The molecular weight excluding hydrogens is 330 g/mol. The highest BCUT2D eigenvalue weighted by Crippen LogP contribution is 2.26. The van der Waals surface area contributed by atoms with Crippen molar-refractivity contribution >= 4 is 69.2 Å². The summed E-state index contributed by atoms with van der Waals surface area (Å²) in [5.74, 6) is 0. The minimum absolute atomic E-state index is 0.553. The van der Waals surface area contributed by atoms with Crippen molar-refractivity contribution in [3.05, 3.63) is 21.1 Å². The van der Waals surface area contributed by atoms with Gasteiger partial charge in [0.05, 0.1) is 0 Å². The van der Waals surface area contributed by atoms with E-state index < -0.39 is 7.12 Å². The molecule has 0 aliphatic heterocycles. The topological polar surface area (TPSA) is 40.5 Å². The molecule has 0 amide bonds. The van der Waals surface area contributed by atoms with Crippen molar-refractivity contribution in [2.24, 2.45) is 0 Å². The highest BCUT2D eigenvalue weighted by molar-refractivity contribution is 14.1. The van der Waals surface area contributed by atoms with Crippen LogP contribution in [0.4, 0.5) is 0 Å². The summed E-state index contributed by atoms with van der Waals surface area (Å²) in [6, 6.07) is 3.86. The van der Waals surface area contributed by atoms with Crippen molar-refractivity contribution in [2.45, 2.75) is 4.90 Å². The fraction of sp³-hybridized carbons (Fsp3) is 0. The average Bonchev–Trinajstić information content (AvgIpc) is 2.48. The van der Waals surface area contributed by atoms with Crippen molar-refractivity contribution < 1.29 is 10.0 Å². The average molecular weight is 336 g/mol. The minimum Gasteiger partial charge on any atom is -0.423 e. The van der Waals surface area contributed by atoms with E-state index in [2.05, 4.69) is 35.2 Å². The van der Waals surface area contributed by atoms with Crippen LogP contribution >= 0.6 is 46.6 Å². The van der Waals surface area contributed by atoms with E-state index in [1.807, 2.05) is 12.1 Å². The number of thiol groups is 1. The van der Waals surface area contributed by atoms with Crippen LogP contribution in [0, 0.1) is 3.57 Å². The molecule has 2 rings (SSSR count). The molecule has 0 atom stereocenters. The second kappa shape index (κ2) is 4.01. The van der Waals surface area contributed by atoms with Gasteiger partial charge in [-0.1, -0.05) is 0 Å². The summed E-state index contributed by atoms with van der Waals surface area (Å²) >= 11 is 8.01. The van der Waals surface area contributed by atoms with E-state index in [9.17, 15) is 0 Å². The van der Waals surface area contributed by atoms with Crippen LogP contribution in [-0.4, -0.2) is 17.2 Å². The summed E-state index contributed by atoms with van der Waals surface area (Å²) in [4.78, 5) is 0.860. The zero-order valence-electron chi connectivity index (χ0n) is 6.94. The Labute approximate surface area is 105 Å². The molecule has 2 aromatic rings. The molecular formula is C8H6BIO2S2. The summed E-state index contributed by atoms with van der Waals surface area (Å²) in [6.07, 6.45) is 0. The molecule has 2 nitrogen and oxygen atoms in total. The second-order valence-corrected chi connectivity index (χ2v) is 5.42. The Kier molecular flexibility index (Phi) is 3.08. The molecule has 0 bridgehead atoms. The molecule has 0 saturated heterocycles. The van der Waals surface area contributed by atoms with E-state index in [-0.39, 0.29) is 0 Å². The Hall–Kier alpha value is 0.245. The van der Waals surface area contributed by atoms with E-state index in [1.54, 1.807) is 5.38 Å². The molecule has 14 heavy (non-hydrogen) atoms. The first-order chi connectivity index (χ1) is 6.59. The van der Waals surface area contributed by atoms with E-state index in [0.29, 0.717) is 5.46 Å². The number of rotatable bonds is 1. The summed E-state index contributed by atoms with van der Waals surface area (Å²) in [7, 11) is -1.41. The van der Waals surface area contributed by atoms with E-state index in [1.165, 1.54) is 11.3 Å². The third kappa shape index (κ3) is 1.81. The standard InChI is InChI=1S/C8H6BIO2S2/c10-6-2-8-4(1-7(6)13)5(3-14-8)9(11)12/h1-3,11-13H. The number of benzene rings is 1. The van der Waals surface area contributed by atoms with Gasteiger partial charge in [0.25, 0.3) is 0 Å². The van der Waals surface area contributed by atoms with Crippen molar-refractivity contribution in [2.75, 3.05) is 0 Å². The molecule has 0 aliphatic carbocycles. The van der Waals surface area contributed by atoms with Crippen molar-refractivity contribution in [3.8, 4) is 0 Å². The number of fused-ring (bicyclic) bond motifs is 1. The lowest BCUT2D eigenvalue weighted by Gasteiger charge is -2.00. The van der Waals surface area contributed by atoms with Crippen LogP contribution < -0.4 is 5.46 Å². The highest BCUT2D eigenvalue weighted by Gasteiger charge is 2.16. The van der Waals surface area contributed by atoms with Gasteiger partial charge in [0.15, 0.2) is 0 Å². The lowest BCUT2D eigenvalue weighted by Crippen LogP contribution is -2.28.